The van der Waals surface area contributed by atoms with Gasteiger partial charge in [-0.25, -0.2) is 4.39 Å². The summed E-state index contributed by atoms with van der Waals surface area (Å²) in [6.45, 7) is 0. The third-order valence-corrected chi connectivity index (χ3v) is 4.06. The quantitative estimate of drug-likeness (QED) is 0.455. The highest BCUT2D eigenvalue weighted by Crippen LogP contribution is 2.54. The third kappa shape index (κ3) is 2.40. The van der Waals surface area contributed by atoms with Crippen molar-refractivity contribution in [3.8, 4) is 0 Å². The standard InChI is InChI=1S/C16H18FN3/c17-11-6-7-15(18)14(8-11)16(20-19)13-9-12(13)10-4-2-1-3-5-10/h1-8,12-13,16,20H,9,18-19H2. The molecular weight excluding hydrogens is 253 g/mol. The summed E-state index contributed by atoms with van der Waals surface area (Å²) in [5, 5.41) is 0. The molecule has 104 valence electrons. The van der Waals surface area contributed by atoms with E-state index in [1.807, 2.05) is 18.2 Å². The number of nitrogens with two attached hydrogens (primary N) is 2. The molecule has 0 amide bonds. The molecule has 0 radical (unpaired) electrons. The fraction of sp³-hybridized carbons (Fsp3) is 0.250. The fourth-order valence-corrected chi connectivity index (χ4v) is 2.93. The van der Waals surface area contributed by atoms with Gasteiger partial charge in [-0.2, -0.15) is 0 Å². The zero-order valence-corrected chi connectivity index (χ0v) is 11.1. The van der Waals surface area contributed by atoms with E-state index in [9.17, 15) is 4.39 Å². The number of anilines is 1. The summed E-state index contributed by atoms with van der Waals surface area (Å²) in [5.41, 5.74) is 11.4. The van der Waals surface area contributed by atoms with Gasteiger partial charge in [-0.15, -0.1) is 0 Å². The second-order valence-corrected chi connectivity index (χ2v) is 5.33. The molecule has 4 heteroatoms. The van der Waals surface area contributed by atoms with E-state index >= 15 is 0 Å². The summed E-state index contributed by atoms with van der Waals surface area (Å²) < 4.78 is 13.4. The molecule has 3 rings (SSSR count). The number of nitrogen functional groups attached to an aromatic ring is 1. The Kier molecular flexibility index (Phi) is 3.42. The molecule has 3 nitrogen and oxygen atoms in total. The number of hydrazine groups is 1. The van der Waals surface area contributed by atoms with E-state index in [4.69, 9.17) is 11.6 Å². The second kappa shape index (κ2) is 5.23. The smallest absolute Gasteiger partial charge is 0.123 e. The normalized spacial score (nSPS) is 22.5. The highest BCUT2D eigenvalue weighted by Gasteiger charge is 2.44. The highest BCUT2D eigenvalue weighted by atomic mass is 19.1. The zero-order valence-electron chi connectivity index (χ0n) is 11.1. The van der Waals surface area contributed by atoms with Crippen molar-refractivity contribution in [1.29, 1.82) is 0 Å². The third-order valence-electron chi connectivity index (χ3n) is 4.06. The molecule has 0 aliphatic heterocycles. The van der Waals surface area contributed by atoms with Crippen LogP contribution in [-0.2, 0) is 0 Å². The minimum atomic E-state index is -0.286. The Morgan fingerprint density at radius 1 is 1.15 bits per heavy atom. The second-order valence-electron chi connectivity index (χ2n) is 5.33. The Hall–Kier alpha value is -1.91. The summed E-state index contributed by atoms with van der Waals surface area (Å²) in [5.74, 6) is 6.20. The Morgan fingerprint density at radius 3 is 2.60 bits per heavy atom. The van der Waals surface area contributed by atoms with Crippen LogP contribution in [0.25, 0.3) is 0 Å². The zero-order chi connectivity index (χ0) is 14.1. The van der Waals surface area contributed by atoms with Gasteiger partial charge in [0, 0.05) is 5.69 Å². The van der Waals surface area contributed by atoms with Crippen molar-refractivity contribution in [2.45, 2.75) is 18.4 Å². The number of hydrogen-bond acceptors (Lipinski definition) is 3. The molecule has 0 aromatic heterocycles. The summed E-state index contributed by atoms with van der Waals surface area (Å²) in [6, 6.07) is 14.6. The lowest BCUT2D eigenvalue weighted by molar-refractivity contribution is 0.485. The maximum absolute atomic E-state index is 13.4. The molecule has 20 heavy (non-hydrogen) atoms. The lowest BCUT2D eigenvalue weighted by atomic mass is 9.98. The van der Waals surface area contributed by atoms with Crippen molar-refractivity contribution in [2.75, 3.05) is 5.73 Å². The van der Waals surface area contributed by atoms with Gasteiger partial charge in [-0.05, 0) is 47.6 Å². The van der Waals surface area contributed by atoms with Crippen LogP contribution in [0.1, 0.15) is 29.5 Å². The summed E-state index contributed by atoms with van der Waals surface area (Å²) >= 11 is 0. The van der Waals surface area contributed by atoms with E-state index in [1.54, 1.807) is 6.07 Å². The highest BCUT2D eigenvalue weighted by molar-refractivity contribution is 5.49. The summed E-state index contributed by atoms with van der Waals surface area (Å²) in [7, 11) is 0. The van der Waals surface area contributed by atoms with E-state index in [1.165, 1.54) is 17.7 Å². The van der Waals surface area contributed by atoms with Gasteiger partial charge >= 0.3 is 0 Å². The van der Waals surface area contributed by atoms with E-state index in [0.717, 1.165) is 12.0 Å². The predicted molar refractivity (Wildman–Crippen MR) is 78.2 cm³/mol. The van der Waals surface area contributed by atoms with Gasteiger partial charge in [0.2, 0.25) is 0 Å². The predicted octanol–water partition coefficient (Wildman–Crippen LogP) is 2.72. The van der Waals surface area contributed by atoms with Crippen molar-refractivity contribution in [3.63, 3.8) is 0 Å². The Morgan fingerprint density at radius 2 is 1.90 bits per heavy atom. The first-order chi connectivity index (χ1) is 9.70. The van der Waals surface area contributed by atoms with E-state index in [2.05, 4.69) is 17.6 Å². The molecule has 1 saturated carbocycles. The van der Waals surface area contributed by atoms with Crippen LogP contribution in [0.5, 0.6) is 0 Å². The monoisotopic (exact) mass is 271 g/mol. The van der Waals surface area contributed by atoms with Gasteiger partial charge in [0.15, 0.2) is 0 Å². The maximum atomic E-state index is 13.4. The van der Waals surface area contributed by atoms with Gasteiger partial charge in [0.25, 0.3) is 0 Å². The van der Waals surface area contributed by atoms with Crippen LogP contribution in [0, 0.1) is 11.7 Å². The molecule has 3 unspecified atom stereocenters. The maximum Gasteiger partial charge on any atom is 0.123 e. The molecule has 1 aliphatic rings. The van der Waals surface area contributed by atoms with Crippen molar-refractivity contribution >= 4 is 5.69 Å². The van der Waals surface area contributed by atoms with Crippen LogP contribution in [0.15, 0.2) is 48.5 Å². The first-order valence-corrected chi connectivity index (χ1v) is 6.76. The molecule has 0 heterocycles. The molecule has 1 fully saturated rings. The van der Waals surface area contributed by atoms with Crippen LogP contribution >= 0.6 is 0 Å². The summed E-state index contributed by atoms with van der Waals surface area (Å²) in [4.78, 5) is 0. The van der Waals surface area contributed by atoms with Gasteiger partial charge in [-0.1, -0.05) is 30.3 Å². The molecule has 2 aromatic rings. The van der Waals surface area contributed by atoms with Crippen molar-refractivity contribution < 1.29 is 4.39 Å². The minimum Gasteiger partial charge on any atom is -0.398 e. The van der Waals surface area contributed by atoms with E-state index < -0.39 is 0 Å². The van der Waals surface area contributed by atoms with Crippen LogP contribution in [0.3, 0.4) is 0 Å². The molecule has 0 bridgehead atoms. The number of hydrogen-bond donors (Lipinski definition) is 3. The first-order valence-electron chi connectivity index (χ1n) is 6.76. The van der Waals surface area contributed by atoms with Crippen LogP contribution in [0.2, 0.25) is 0 Å². The molecule has 2 aromatic carbocycles. The lowest BCUT2D eigenvalue weighted by Gasteiger charge is -2.18. The molecule has 0 saturated heterocycles. The van der Waals surface area contributed by atoms with Crippen molar-refractivity contribution in [1.82, 2.24) is 5.43 Å². The number of benzene rings is 2. The molecule has 5 N–H and O–H groups in total. The van der Waals surface area contributed by atoms with Crippen LogP contribution in [-0.4, -0.2) is 0 Å². The number of rotatable bonds is 4. The van der Waals surface area contributed by atoms with Gasteiger partial charge in [0.05, 0.1) is 6.04 Å². The first kappa shape index (κ1) is 13.1. The summed E-state index contributed by atoms with van der Waals surface area (Å²) in [6.07, 6.45) is 1.04. The number of nitrogens with one attached hydrogen (secondary N) is 1. The largest absolute Gasteiger partial charge is 0.398 e. The topological polar surface area (TPSA) is 64.1 Å². The lowest BCUT2D eigenvalue weighted by Crippen LogP contribution is -2.30. The average Bonchev–Trinajstić information content (AvgIpc) is 3.25. The molecule has 3 atom stereocenters. The Labute approximate surface area is 117 Å². The van der Waals surface area contributed by atoms with Crippen molar-refractivity contribution in [2.24, 2.45) is 11.8 Å². The van der Waals surface area contributed by atoms with Crippen LogP contribution < -0.4 is 17.0 Å². The minimum absolute atomic E-state index is 0.115. The van der Waals surface area contributed by atoms with E-state index in [0.29, 0.717) is 17.5 Å². The van der Waals surface area contributed by atoms with Gasteiger partial charge < -0.3 is 5.73 Å². The SMILES string of the molecule is NNC(c1cc(F)ccc1N)C1CC1c1ccccc1. The van der Waals surface area contributed by atoms with Crippen LogP contribution in [0.4, 0.5) is 10.1 Å². The van der Waals surface area contributed by atoms with Gasteiger partial charge in [0.1, 0.15) is 5.82 Å². The fourth-order valence-electron chi connectivity index (χ4n) is 2.93. The van der Waals surface area contributed by atoms with E-state index in [-0.39, 0.29) is 11.9 Å². The Balaban J connectivity index is 1.84. The average molecular weight is 271 g/mol. The van der Waals surface area contributed by atoms with Gasteiger partial charge in [-0.3, -0.25) is 11.3 Å². The molecule has 0 spiro atoms. The number of halogens is 1. The van der Waals surface area contributed by atoms with Crippen molar-refractivity contribution in [3.05, 3.63) is 65.5 Å². The molecular formula is C16H18FN3. The molecule has 1 aliphatic carbocycles. The Bertz CT molecular complexity index is 600.